The monoisotopic (exact) mass is 211 g/mol. The molecule has 88 valence electrons. The van der Waals surface area contributed by atoms with Crippen molar-refractivity contribution in [2.45, 2.75) is 37.8 Å². The lowest BCUT2D eigenvalue weighted by molar-refractivity contribution is 0.0826. The molecular formula is C12H25N3. The smallest absolute Gasteiger partial charge is 0.0374 e. The zero-order chi connectivity index (χ0) is 10.8. The molecule has 1 saturated heterocycles. The molecule has 3 heteroatoms. The Morgan fingerprint density at radius 3 is 2.47 bits per heavy atom. The molecule has 1 aliphatic carbocycles. The highest BCUT2D eigenvalue weighted by molar-refractivity contribution is 4.92. The van der Waals surface area contributed by atoms with E-state index in [0.717, 1.165) is 12.5 Å². The quantitative estimate of drug-likeness (QED) is 0.731. The van der Waals surface area contributed by atoms with E-state index in [1.807, 2.05) is 0 Å². The lowest BCUT2D eigenvalue weighted by Crippen LogP contribution is -2.59. The normalized spacial score (nSPS) is 33.4. The average molecular weight is 211 g/mol. The van der Waals surface area contributed by atoms with Crippen LogP contribution in [-0.2, 0) is 0 Å². The summed E-state index contributed by atoms with van der Waals surface area (Å²) < 4.78 is 0. The molecule has 0 spiro atoms. The molecule has 0 radical (unpaired) electrons. The van der Waals surface area contributed by atoms with Gasteiger partial charge in [0.1, 0.15) is 0 Å². The van der Waals surface area contributed by atoms with Crippen molar-refractivity contribution >= 4 is 0 Å². The molecule has 2 N–H and O–H groups in total. The predicted molar refractivity (Wildman–Crippen MR) is 63.8 cm³/mol. The first-order valence-corrected chi connectivity index (χ1v) is 6.33. The second-order valence-corrected chi connectivity index (χ2v) is 5.43. The van der Waals surface area contributed by atoms with Crippen LogP contribution in [0.4, 0.5) is 0 Å². The Morgan fingerprint density at radius 2 is 1.80 bits per heavy atom. The minimum absolute atomic E-state index is 0.389. The molecule has 15 heavy (non-hydrogen) atoms. The minimum atomic E-state index is 0.389. The van der Waals surface area contributed by atoms with Gasteiger partial charge >= 0.3 is 0 Å². The molecule has 0 bridgehead atoms. The lowest BCUT2D eigenvalue weighted by atomic mass is 9.90. The van der Waals surface area contributed by atoms with E-state index >= 15 is 0 Å². The van der Waals surface area contributed by atoms with Crippen molar-refractivity contribution in [3.8, 4) is 0 Å². The van der Waals surface area contributed by atoms with E-state index in [4.69, 9.17) is 5.73 Å². The highest BCUT2D eigenvalue weighted by atomic mass is 15.3. The van der Waals surface area contributed by atoms with E-state index in [9.17, 15) is 0 Å². The van der Waals surface area contributed by atoms with Crippen molar-refractivity contribution in [2.24, 2.45) is 11.7 Å². The molecule has 2 atom stereocenters. The first-order valence-electron chi connectivity index (χ1n) is 6.33. The van der Waals surface area contributed by atoms with Crippen LogP contribution in [0.1, 0.15) is 25.7 Å². The van der Waals surface area contributed by atoms with Gasteiger partial charge in [-0.1, -0.05) is 12.8 Å². The number of hydrogen-bond donors (Lipinski definition) is 1. The van der Waals surface area contributed by atoms with Crippen molar-refractivity contribution < 1.29 is 0 Å². The van der Waals surface area contributed by atoms with Crippen LogP contribution in [0.2, 0.25) is 0 Å². The van der Waals surface area contributed by atoms with Crippen molar-refractivity contribution in [3.05, 3.63) is 0 Å². The average Bonchev–Trinajstić information content (AvgIpc) is 2.74. The van der Waals surface area contributed by atoms with E-state index in [-0.39, 0.29) is 0 Å². The summed E-state index contributed by atoms with van der Waals surface area (Å²) in [6.45, 7) is 3.50. The molecule has 0 amide bonds. The largest absolute Gasteiger partial charge is 0.326 e. The highest BCUT2D eigenvalue weighted by Gasteiger charge is 2.33. The van der Waals surface area contributed by atoms with Crippen LogP contribution in [0, 0.1) is 5.92 Å². The molecule has 3 nitrogen and oxygen atoms in total. The Morgan fingerprint density at radius 1 is 1.13 bits per heavy atom. The summed E-state index contributed by atoms with van der Waals surface area (Å²) in [5.41, 5.74) is 6.44. The fourth-order valence-electron chi connectivity index (χ4n) is 3.12. The Balaban J connectivity index is 1.94. The van der Waals surface area contributed by atoms with Crippen LogP contribution in [0.3, 0.4) is 0 Å². The number of nitrogens with two attached hydrogens (primary N) is 1. The van der Waals surface area contributed by atoms with Crippen LogP contribution in [0.15, 0.2) is 0 Å². The summed E-state index contributed by atoms with van der Waals surface area (Å²) in [6.07, 6.45) is 5.50. The predicted octanol–water partition coefficient (Wildman–Crippen LogP) is 0.750. The summed E-state index contributed by atoms with van der Waals surface area (Å²) in [7, 11) is 4.44. The van der Waals surface area contributed by atoms with Gasteiger partial charge in [0.15, 0.2) is 0 Å². The van der Waals surface area contributed by atoms with Crippen LogP contribution in [0.5, 0.6) is 0 Å². The van der Waals surface area contributed by atoms with Crippen LogP contribution in [0.25, 0.3) is 0 Å². The van der Waals surface area contributed by atoms with E-state index in [0.29, 0.717) is 12.1 Å². The van der Waals surface area contributed by atoms with Gasteiger partial charge in [0.25, 0.3) is 0 Å². The summed E-state index contributed by atoms with van der Waals surface area (Å²) in [4.78, 5) is 4.88. The molecule has 0 aromatic carbocycles. The SMILES string of the molecule is CN1CCN(C)C(C(N)C2CCCC2)C1. The first kappa shape index (κ1) is 11.4. The van der Waals surface area contributed by atoms with Gasteiger partial charge in [0.05, 0.1) is 0 Å². The van der Waals surface area contributed by atoms with E-state index in [1.54, 1.807) is 0 Å². The number of nitrogens with zero attached hydrogens (tertiary/aromatic N) is 2. The minimum Gasteiger partial charge on any atom is -0.326 e. The van der Waals surface area contributed by atoms with Crippen molar-refractivity contribution in [1.82, 2.24) is 9.80 Å². The lowest BCUT2D eigenvalue weighted by Gasteiger charge is -2.42. The van der Waals surface area contributed by atoms with Crippen LogP contribution >= 0.6 is 0 Å². The maximum Gasteiger partial charge on any atom is 0.0374 e. The molecule has 1 aliphatic heterocycles. The molecule has 0 aromatic rings. The van der Waals surface area contributed by atoms with Gasteiger partial charge in [-0.25, -0.2) is 0 Å². The molecule has 1 saturated carbocycles. The number of hydrogen-bond acceptors (Lipinski definition) is 3. The van der Waals surface area contributed by atoms with E-state index in [1.165, 1.54) is 38.8 Å². The van der Waals surface area contributed by atoms with Gasteiger partial charge in [0, 0.05) is 31.7 Å². The van der Waals surface area contributed by atoms with Crippen molar-refractivity contribution in [2.75, 3.05) is 33.7 Å². The van der Waals surface area contributed by atoms with Gasteiger partial charge in [-0.15, -0.1) is 0 Å². The first-order chi connectivity index (χ1) is 7.18. The molecule has 2 rings (SSSR count). The standard InChI is InChI=1S/C12H25N3/c1-14-7-8-15(2)11(9-14)12(13)10-5-3-4-6-10/h10-12H,3-9,13H2,1-2H3. The van der Waals surface area contributed by atoms with Crippen molar-refractivity contribution in [1.29, 1.82) is 0 Å². The number of likely N-dealkylation sites (N-methyl/N-ethyl adjacent to an activating group) is 2. The van der Waals surface area contributed by atoms with Gasteiger partial charge in [0.2, 0.25) is 0 Å². The summed E-state index contributed by atoms with van der Waals surface area (Å²) in [5, 5.41) is 0. The maximum atomic E-state index is 6.44. The summed E-state index contributed by atoms with van der Waals surface area (Å²) in [6, 6.07) is 0.965. The molecular weight excluding hydrogens is 186 g/mol. The third kappa shape index (κ3) is 2.52. The Kier molecular flexibility index (Phi) is 3.65. The maximum absolute atomic E-state index is 6.44. The fourth-order valence-corrected chi connectivity index (χ4v) is 3.12. The van der Waals surface area contributed by atoms with Gasteiger partial charge in [-0.2, -0.15) is 0 Å². The third-order valence-corrected chi connectivity index (χ3v) is 4.29. The molecule has 2 aliphatic rings. The van der Waals surface area contributed by atoms with Gasteiger partial charge in [-0.05, 0) is 32.9 Å². The van der Waals surface area contributed by atoms with Gasteiger partial charge < -0.3 is 10.6 Å². The number of piperazine rings is 1. The zero-order valence-corrected chi connectivity index (χ0v) is 10.2. The van der Waals surface area contributed by atoms with Crippen molar-refractivity contribution in [3.63, 3.8) is 0 Å². The van der Waals surface area contributed by atoms with Gasteiger partial charge in [-0.3, -0.25) is 4.90 Å². The molecule has 2 unspecified atom stereocenters. The topological polar surface area (TPSA) is 32.5 Å². The Labute approximate surface area is 93.6 Å². The Hall–Kier alpha value is -0.120. The summed E-state index contributed by atoms with van der Waals surface area (Å²) in [5.74, 6) is 0.781. The second-order valence-electron chi connectivity index (χ2n) is 5.43. The van der Waals surface area contributed by atoms with E-state index in [2.05, 4.69) is 23.9 Å². The molecule has 0 aromatic heterocycles. The number of rotatable bonds is 2. The third-order valence-electron chi connectivity index (χ3n) is 4.29. The highest BCUT2D eigenvalue weighted by Crippen LogP contribution is 2.29. The Bertz CT molecular complexity index is 201. The van der Waals surface area contributed by atoms with E-state index < -0.39 is 0 Å². The molecule has 2 fully saturated rings. The van der Waals surface area contributed by atoms with Crippen LogP contribution < -0.4 is 5.73 Å². The zero-order valence-electron chi connectivity index (χ0n) is 10.2. The molecule has 1 heterocycles. The summed E-state index contributed by atoms with van der Waals surface area (Å²) >= 11 is 0. The van der Waals surface area contributed by atoms with Crippen LogP contribution in [-0.4, -0.2) is 55.6 Å². The fraction of sp³-hybridized carbons (Fsp3) is 1.00. The second kappa shape index (κ2) is 4.81.